The van der Waals surface area contributed by atoms with Crippen LogP contribution in [-0.4, -0.2) is 40.4 Å². The number of benzene rings is 1. The first-order valence-electron chi connectivity index (χ1n) is 7.29. The van der Waals surface area contributed by atoms with E-state index in [2.05, 4.69) is 15.5 Å². The smallest absolute Gasteiger partial charge is 0.310 e. The molecule has 0 bridgehead atoms. The van der Waals surface area contributed by atoms with Crippen LogP contribution < -0.4 is 9.47 Å². The van der Waals surface area contributed by atoms with Gasteiger partial charge >= 0.3 is 5.97 Å². The third kappa shape index (κ3) is 4.41. The minimum Gasteiger partial charge on any atom is -0.497 e. The van der Waals surface area contributed by atoms with Gasteiger partial charge in [-0.05, 0) is 22.9 Å². The van der Waals surface area contributed by atoms with Gasteiger partial charge in [0.15, 0.2) is 12.4 Å². The van der Waals surface area contributed by atoms with Crippen molar-refractivity contribution in [2.45, 2.75) is 32.9 Å². The summed E-state index contributed by atoms with van der Waals surface area (Å²) in [5.41, 5.74) is 0.728. The molecule has 0 spiro atoms. The quantitative estimate of drug-likeness (QED) is 0.679. The van der Waals surface area contributed by atoms with Crippen LogP contribution in [0.2, 0.25) is 0 Å². The molecule has 0 saturated heterocycles. The van der Waals surface area contributed by atoms with Crippen LogP contribution >= 0.6 is 0 Å². The summed E-state index contributed by atoms with van der Waals surface area (Å²) >= 11 is 0. The predicted molar refractivity (Wildman–Crippen MR) is 81.2 cm³/mol. The largest absolute Gasteiger partial charge is 0.497 e. The summed E-state index contributed by atoms with van der Waals surface area (Å²) in [5, 5.41) is 11.3. The van der Waals surface area contributed by atoms with E-state index in [0.717, 1.165) is 12.0 Å². The van der Waals surface area contributed by atoms with E-state index in [1.54, 1.807) is 37.1 Å². The summed E-state index contributed by atoms with van der Waals surface area (Å²) in [7, 11) is 3.12. The lowest BCUT2D eigenvalue weighted by molar-refractivity contribution is -0.144. The van der Waals surface area contributed by atoms with Crippen LogP contribution in [0.15, 0.2) is 18.2 Å². The highest BCUT2D eigenvalue weighted by Crippen LogP contribution is 2.25. The van der Waals surface area contributed by atoms with Gasteiger partial charge in [0, 0.05) is 18.2 Å². The summed E-state index contributed by atoms with van der Waals surface area (Å²) in [4.78, 5) is 12.0. The number of aryl methyl sites for hydroxylation is 1. The Labute approximate surface area is 134 Å². The molecule has 1 heterocycles. The van der Waals surface area contributed by atoms with E-state index >= 15 is 0 Å². The monoisotopic (exact) mass is 320 g/mol. The lowest BCUT2D eigenvalue weighted by Gasteiger charge is -2.10. The summed E-state index contributed by atoms with van der Waals surface area (Å²) < 4.78 is 17.3. The third-order valence-electron chi connectivity index (χ3n) is 3.23. The van der Waals surface area contributed by atoms with Crippen molar-refractivity contribution in [3.63, 3.8) is 0 Å². The zero-order valence-corrected chi connectivity index (χ0v) is 13.5. The maximum Gasteiger partial charge on any atom is 0.310 e. The molecule has 23 heavy (non-hydrogen) atoms. The summed E-state index contributed by atoms with van der Waals surface area (Å²) in [6, 6.07) is 5.28. The van der Waals surface area contributed by atoms with E-state index in [4.69, 9.17) is 14.2 Å². The predicted octanol–water partition coefficient (Wildman–Crippen LogP) is 1.39. The number of ether oxygens (including phenoxy) is 3. The molecule has 0 aliphatic rings. The Morgan fingerprint density at radius 3 is 2.78 bits per heavy atom. The number of hydrogen-bond acceptors (Lipinski definition) is 7. The number of carbonyl (C=O) groups excluding carboxylic acids is 1. The van der Waals surface area contributed by atoms with Gasteiger partial charge in [-0.3, -0.25) is 4.79 Å². The number of nitrogens with zero attached hydrogens (tertiary/aromatic N) is 4. The molecule has 1 aromatic carbocycles. The molecule has 0 radical (unpaired) electrons. The van der Waals surface area contributed by atoms with Crippen LogP contribution in [0.25, 0.3) is 0 Å². The van der Waals surface area contributed by atoms with E-state index < -0.39 is 0 Å². The van der Waals surface area contributed by atoms with Crippen LogP contribution in [-0.2, 0) is 29.1 Å². The van der Waals surface area contributed by atoms with Crippen LogP contribution in [0.5, 0.6) is 11.5 Å². The fourth-order valence-corrected chi connectivity index (χ4v) is 2.06. The molecular formula is C15H20N4O4. The zero-order valence-electron chi connectivity index (χ0n) is 13.5. The van der Waals surface area contributed by atoms with Crippen molar-refractivity contribution in [3.05, 3.63) is 29.6 Å². The fourth-order valence-electron chi connectivity index (χ4n) is 2.06. The average molecular weight is 320 g/mol. The lowest BCUT2D eigenvalue weighted by Crippen LogP contribution is -2.12. The Bertz CT molecular complexity index is 657. The van der Waals surface area contributed by atoms with Crippen LogP contribution in [0.1, 0.15) is 24.7 Å². The molecule has 0 unspecified atom stereocenters. The number of rotatable bonds is 8. The second-order valence-electron chi connectivity index (χ2n) is 4.83. The number of tetrazole rings is 1. The maximum absolute atomic E-state index is 12.0. The average Bonchev–Trinajstić information content (AvgIpc) is 3.01. The molecule has 0 amide bonds. The van der Waals surface area contributed by atoms with Gasteiger partial charge < -0.3 is 14.2 Å². The van der Waals surface area contributed by atoms with Crippen LogP contribution in [0.3, 0.4) is 0 Å². The Hall–Kier alpha value is -2.64. The van der Waals surface area contributed by atoms with Crippen molar-refractivity contribution in [1.82, 2.24) is 20.2 Å². The van der Waals surface area contributed by atoms with Gasteiger partial charge in [-0.15, -0.1) is 5.10 Å². The molecule has 0 aliphatic carbocycles. The van der Waals surface area contributed by atoms with Gasteiger partial charge in [0.2, 0.25) is 0 Å². The highest BCUT2D eigenvalue weighted by atomic mass is 16.5. The molecule has 8 heteroatoms. The number of methoxy groups -OCH3 is 2. The second-order valence-corrected chi connectivity index (χ2v) is 4.83. The van der Waals surface area contributed by atoms with Crippen molar-refractivity contribution in [3.8, 4) is 11.5 Å². The minimum absolute atomic E-state index is 0.0459. The molecule has 0 N–H and O–H groups in total. The fraction of sp³-hybridized carbons (Fsp3) is 0.467. The Morgan fingerprint density at radius 2 is 2.09 bits per heavy atom. The summed E-state index contributed by atoms with van der Waals surface area (Å²) in [5.74, 6) is 1.40. The molecule has 0 fully saturated rings. The molecule has 1 aromatic heterocycles. The maximum atomic E-state index is 12.0. The van der Waals surface area contributed by atoms with Crippen molar-refractivity contribution < 1.29 is 19.0 Å². The molecule has 2 rings (SSSR count). The van der Waals surface area contributed by atoms with Crippen molar-refractivity contribution in [2.75, 3.05) is 14.2 Å². The zero-order chi connectivity index (χ0) is 16.7. The third-order valence-corrected chi connectivity index (χ3v) is 3.23. The van der Waals surface area contributed by atoms with E-state index in [1.807, 2.05) is 6.92 Å². The van der Waals surface area contributed by atoms with E-state index in [0.29, 0.717) is 23.9 Å². The molecular weight excluding hydrogens is 300 g/mol. The topological polar surface area (TPSA) is 88.4 Å². The summed E-state index contributed by atoms with van der Waals surface area (Å²) in [6.07, 6.45) is 0.998. The Kier molecular flexibility index (Phi) is 5.90. The molecule has 2 aromatic rings. The molecule has 0 saturated carbocycles. The van der Waals surface area contributed by atoms with Crippen LogP contribution in [0.4, 0.5) is 0 Å². The van der Waals surface area contributed by atoms with E-state index in [-0.39, 0.29) is 19.0 Å². The first-order valence-corrected chi connectivity index (χ1v) is 7.29. The van der Waals surface area contributed by atoms with E-state index in [1.165, 1.54) is 0 Å². The van der Waals surface area contributed by atoms with Crippen molar-refractivity contribution in [1.29, 1.82) is 0 Å². The molecule has 8 nitrogen and oxygen atoms in total. The first-order chi connectivity index (χ1) is 11.2. The van der Waals surface area contributed by atoms with Gasteiger partial charge in [0.25, 0.3) is 0 Å². The second kappa shape index (κ2) is 8.11. The normalized spacial score (nSPS) is 10.4. The number of esters is 1. The van der Waals surface area contributed by atoms with Gasteiger partial charge in [-0.2, -0.15) is 0 Å². The Morgan fingerprint density at radius 1 is 1.26 bits per heavy atom. The minimum atomic E-state index is -0.375. The van der Waals surface area contributed by atoms with E-state index in [9.17, 15) is 4.79 Å². The molecule has 0 aliphatic heterocycles. The molecule has 0 atom stereocenters. The van der Waals surface area contributed by atoms with Gasteiger partial charge in [-0.1, -0.05) is 13.0 Å². The number of hydrogen-bond donors (Lipinski definition) is 0. The van der Waals surface area contributed by atoms with Gasteiger partial charge in [-0.25, -0.2) is 4.68 Å². The SMILES string of the molecule is CCCn1nnnc1COC(=O)Cc1ccc(OC)cc1OC. The molecule has 124 valence electrons. The highest BCUT2D eigenvalue weighted by Gasteiger charge is 2.13. The van der Waals surface area contributed by atoms with Crippen molar-refractivity contribution in [2.24, 2.45) is 0 Å². The summed E-state index contributed by atoms with van der Waals surface area (Å²) in [6.45, 7) is 2.75. The standard InChI is InChI=1S/C15H20N4O4/c1-4-7-19-14(16-17-18-19)10-23-15(20)8-11-5-6-12(21-2)9-13(11)22-3/h5-6,9H,4,7-8,10H2,1-3H3. The number of carbonyl (C=O) groups is 1. The number of aromatic nitrogens is 4. The lowest BCUT2D eigenvalue weighted by atomic mass is 10.1. The van der Waals surface area contributed by atoms with Gasteiger partial charge in [0.1, 0.15) is 11.5 Å². The van der Waals surface area contributed by atoms with Crippen LogP contribution in [0, 0.1) is 0 Å². The van der Waals surface area contributed by atoms with Crippen molar-refractivity contribution >= 4 is 5.97 Å². The highest BCUT2D eigenvalue weighted by molar-refractivity contribution is 5.73. The Balaban J connectivity index is 1.95. The first kappa shape index (κ1) is 16.7. The van der Waals surface area contributed by atoms with Gasteiger partial charge in [0.05, 0.1) is 20.6 Å².